The summed E-state index contributed by atoms with van der Waals surface area (Å²) in [6, 6.07) is -0.250. The van der Waals surface area contributed by atoms with E-state index in [2.05, 4.69) is 0 Å². The Balaban J connectivity index is 2.66. The molecule has 0 aromatic carbocycles. The summed E-state index contributed by atoms with van der Waals surface area (Å²) in [6.07, 6.45) is 1.30. The number of hydrogen-bond acceptors (Lipinski definition) is 5. The molecule has 0 spiro atoms. The van der Waals surface area contributed by atoms with Crippen LogP contribution in [-0.4, -0.2) is 50.5 Å². The van der Waals surface area contributed by atoms with Crippen LogP contribution in [0.1, 0.15) is 34.1 Å². The van der Waals surface area contributed by atoms with Gasteiger partial charge in [-0.25, -0.2) is 4.79 Å². The first-order valence-electron chi connectivity index (χ1n) is 6.32. The maximum absolute atomic E-state index is 12.0. The predicted molar refractivity (Wildman–Crippen MR) is 71.3 cm³/mol. The molecule has 6 nitrogen and oxygen atoms in total. The van der Waals surface area contributed by atoms with Crippen molar-refractivity contribution in [3.05, 3.63) is 0 Å². The average molecular weight is 293 g/mol. The molecular weight excluding hydrogens is 270 g/mol. The summed E-state index contributed by atoms with van der Waals surface area (Å²) in [4.78, 5) is 13.6. The van der Waals surface area contributed by atoms with Gasteiger partial charge in [-0.2, -0.15) is 8.42 Å². The zero-order valence-corrected chi connectivity index (χ0v) is 13.0. The average Bonchev–Trinajstić information content (AvgIpc) is 2.53. The minimum Gasteiger partial charge on any atom is -0.444 e. The lowest BCUT2D eigenvalue weighted by Gasteiger charge is -2.28. The molecule has 0 saturated carbocycles. The molecule has 2 atom stereocenters. The molecule has 1 aliphatic rings. The second-order valence-corrected chi connectivity index (χ2v) is 7.76. The largest absolute Gasteiger partial charge is 0.444 e. The van der Waals surface area contributed by atoms with Gasteiger partial charge in [-0.05, 0) is 33.1 Å². The molecule has 0 radical (unpaired) electrons. The molecule has 19 heavy (non-hydrogen) atoms. The van der Waals surface area contributed by atoms with Gasteiger partial charge >= 0.3 is 6.09 Å². The molecule has 7 heteroatoms. The van der Waals surface area contributed by atoms with E-state index in [0.717, 1.165) is 12.7 Å². The van der Waals surface area contributed by atoms with Gasteiger partial charge in [0.1, 0.15) is 5.60 Å². The first kappa shape index (κ1) is 16.2. The van der Waals surface area contributed by atoms with E-state index in [4.69, 9.17) is 8.92 Å². The Hall–Kier alpha value is -0.820. The lowest BCUT2D eigenvalue weighted by molar-refractivity contribution is 0.0186. The van der Waals surface area contributed by atoms with Crippen LogP contribution in [-0.2, 0) is 19.0 Å². The summed E-state index contributed by atoms with van der Waals surface area (Å²) in [7, 11) is -3.49. The fourth-order valence-electron chi connectivity index (χ4n) is 2.06. The van der Waals surface area contributed by atoms with E-state index in [1.54, 1.807) is 25.7 Å². The molecule has 1 fully saturated rings. The van der Waals surface area contributed by atoms with Crippen molar-refractivity contribution in [3.8, 4) is 0 Å². The van der Waals surface area contributed by atoms with Crippen molar-refractivity contribution in [1.29, 1.82) is 0 Å². The molecule has 0 aliphatic carbocycles. The fourth-order valence-corrected chi connectivity index (χ4v) is 2.46. The Morgan fingerprint density at radius 3 is 2.42 bits per heavy atom. The van der Waals surface area contributed by atoms with Crippen molar-refractivity contribution in [2.45, 2.75) is 45.8 Å². The van der Waals surface area contributed by atoms with Crippen LogP contribution in [0.15, 0.2) is 0 Å². The molecule has 1 aliphatic heterocycles. The molecule has 1 amide bonds. The van der Waals surface area contributed by atoms with Gasteiger partial charge in [0.25, 0.3) is 10.1 Å². The van der Waals surface area contributed by atoms with Gasteiger partial charge < -0.3 is 9.64 Å². The molecule has 1 saturated heterocycles. The third kappa shape index (κ3) is 5.78. The SMILES string of the molecule is C[C@H]1CC(COS(C)(=O)=O)N(C(=O)OC(C)(C)C)C1. The zero-order valence-electron chi connectivity index (χ0n) is 12.2. The summed E-state index contributed by atoms with van der Waals surface area (Å²) in [5.41, 5.74) is -0.564. The van der Waals surface area contributed by atoms with Gasteiger partial charge in [-0.1, -0.05) is 6.92 Å². The third-order valence-corrected chi connectivity index (χ3v) is 3.29. The third-order valence-electron chi connectivity index (χ3n) is 2.73. The minimum atomic E-state index is -3.49. The molecule has 1 heterocycles. The highest BCUT2D eigenvalue weighted by Crippen LogP contribution is 2.25. The monoisotopic (exact) mass is 293 g/mol. The van der Waals surface area contributed by atoms with Gasteiger partial charge in [-0.15, -0.1) is 0 Å². The lowest BCUT2D eigenvalue weighted by atomic mass is 10.1. The van der Waals surface area contributed by atoms with Crippen LogP contribution in [0.5, 0.6) is 0 Å². The Bertz CT molecular complexity index is 426. The van der Waals surface area contributed by atoms with E-state index in [0.29, 0.717) is 12.5 Å². The number of nitrogens with zero attached hydrogens (tertiary/aromatic N) is 1. The first-order valence-corrected chi connectivity index (χ1v) is 8.13. The highest BCUT2D eigenvalue weighted by Gasteiger charge is 2.36. The van der Waals surface area contributed by atoms with Crippen LogP contribution in [0.3, 0.4) is 0 Å². The van der Waals surface area contributed by atoms with E-state index < -0.39 is 21.8 Å². The van der Waals surface area contributed by atoms with E-state index in [1.165, 1.54) is 0 Å². The minimum absolute atomic E-state index is 0.0115. The standard InChI is InChI=1S/C12H23NO5S/c1-9-6-10(8-17-19(5,15)16)13(7-9)11(14)18-12(2,3)4/h9-10H,6-8H2,1-5H3/t9-,10?/m0/s1. The maximum atomic E-state index is 12.0. The maximum Gasteiger partial charge on any atom is 0.410 e. The number of carbonyl (C=O) groups is 1. The number of likely N-dealkylation sites (tertiary alicyclic amines) is 1. The molecule has 112 valence electrons. The summed E-state index contributed by atoms with van der Waals surface area (Å²) in [6.45, 7) is 7.96. The number of hydrogen-bond donors (Lipinski definition) is 0. The van der Waals surface area contributed by atoms with Crippen molar-refractivity contribution in [2.24, 2.45) is 5.92 Å². The van der Waals surface area contributed by atoms with Gasteiger partial charge in [0, 0.05) is 6.54 Å². The molecule has 1 rings (SSSR count). The van der Waals surface area contributed by atoms with E-state index in [1.807, 2.05) is 6.92 Å². The fraction of sp³-hybridized carbons (Fsp3) is 0.917. The number of carbonyl (C=O) groups excluding carboxylic acids is 1. The van der Waals surface area contributed by atoms with Crippen molar-refractivity contribution < 1.29 is 22.1 Å². The van der Waals surface area contributed by atoms with Gasteiger partial charge in [0.05, 0.1) is 18.9 Å². The molecule has 0 aromatic heterocycles. The Morgan fingerprint density at radius 2 is 1.95 bits per heavy atom. The van der Waals surface area contributed by atoms with Gasteiger partial charge in [-0.3, -0.25) is 4.18 Å². The number of rotatable bonds is 3. The topological polar surface area (TPSA) is 72.9 Å². The van der Waals surface area contributed by atoms with Crippen molar-refractivity contribution >= 4 is 16.2 Å². The lowest BCUT2D eigenvalue weighted by Crippen LogP contribution is -2.42. The summed E-state index contributed by atoms with van der Waals surface area (Å²) >= 11 is 0. The molecular formula is C12H23NO5S. The second kappa shape index (κ2) is 5.66. The summed E-state index contributed by atoms with van der Waals surface area (Å²) < 4.78 is 32.1. The van der Waals surface area contributed by atoms with Crippen LogP contribution in [0.25, 0.3) is 0 Å². The van der Waals surface area contributed by atoms with E-state index in [-0.39, 0.29) is 12.6 Å². The van der Waals surface area contributed by atoms with Crippen molar-refractivity contribution in [2.75, 3.05) is 19.4 Å². The van der Waals surface area contributed by atoms with Gasteiger partial charge in [0.2, 0.25) is 0 Å². The van der Waals surface area contributed by atoms with Crippen molar-refractivity contribution in [3.63, 3.8) is 0 Å². The van der Waals surface area contributed by atoms with Gasteiger partial charge in [0.15, 0.2) is 0 Å². The number of ether oxygens (including phenoxy) is 1. The summed E-state index contributed by atoms with van der Waals surface area (Å²) in [5, 5.41) is 0. The van der Waals surface area contributed by atoms with Crippen LogP contribution in [0.2, 0.25) is 0 Å². The van der Waals surface area contributed by atoms with Crippen molar-refractivity contribution in [1.82, 2.24) is 4.90 Å². The van der Waals surface area contributed by atoms with Crippen LogP contribution in [0, 0.1) is 5.92 Å². The number of amides is 1. The smallest absolute Gasteiger partial charge is 0.410 e. The summed E-state index contributed by atoms with van der Waals surface area (Å²) in [5.74, 6) is 0.306. The van der Waals surface area contributed by atoms with E-state index in [9.17, 15) is 13.2 Å². The Morgan fingerprint density at radius 1 is 1.37 bits per heavy atom. The van der Waals surface area contributed by atoms with E-state index >= 15 is 0 Å². The first-order chi connectivity index (χ1) is 8.48. The quantitative estimate of drug-likeness (QED) is 0.739. The molecule has 1 unspecified atom stereocenters. The zero-order chi connectivity index (χ0) is 14.8. The molecule has 0 aromatic rings. The Labute approximate surface area is 115 Å². The normalized spacial score (nSPS) is 24.6. The predicted octanol–water partition coefficient (Wildman–Crippen LogP) is 1.61. The molecule has 0 N–H and O–H groups in total. The second-order valence-electron chi connectivity index (χ2n) is 6.12. The highest BCUT2D eigenvalue weighted by atomic mass is 32.2. The molecule has 0 bridgehead atoms. The van der Waals surface area contributed by atoms with Crippen LogP contribution >= 0.6 is 0 Å². The highest BCUT2D eigenvalue weighted by molar-refractivity contribution is 7.85. The van der Waals surface area contributed by atoms with Crippen LogP contribution < -0.4 is 0 Å². The Kier molecular flexibility index (Phi) is 4.84. The van der Waals surface area contributed by atoms with Crippen LogP contribution in [0.4, 0.5) is 4.79 Å².